The summed E-state index contributed by atoms with van der Waals surface area (Å²) in [6.07, 6.45) is 4.29. The van der Waals surface area contributed by atoms with Crippen molar-refractivity contribution < 1.29 is 9.90 Å². The number of hydrogen-bond acceptors (Lipinski definition) is 3. The van der Waals surface area contributed by atoms with Crippen molar-refractivity contribution in [3.05, 3.63) is 35.9 Å². The molecule has 3 atom stereocenters. The zero-order chi connectivity index (χ0) is 15.9. The quantitative estimate of drug-likeness (QED) is 0.879. The molecule has 23 heavy (non-hydrogen) atoms. The molecule has 3 fully saturated rings. The van der Waals surface area contributed by atoms with Crippen molar-refractivity contribution in [3.63, 3.8) is 0 Å². The Kier molecular flexibility index (Phi) is 3.90. The van der Waals surface area contributed by atoms with Crippen LogP contribution in [0.2, 0.25) is 0 Å². The number of carbonyl (C=O) groups is 1. The Bertz CT molecular complexity index is 568. The van der Waals surface area contributed by atoms with Gasteiger partial charge in [-0.05, 0) is 24.3 Å². The molecule has 2 aliphatic heterocycles. The fraction of sp³-hybridized carbons (Fsp3) is 0.632. The molecule has 1 saturated carbocycles. The van der Waals surface area contributed by atoms with Crippen molar-refractivity contribution in [1.29, 1.82) is 0 Å². The van der Waals surface area contributed by atoms with E-state index in [1.807, 2.05) is 23.1 Å². The monoisotopic (exact) mass is 314 g/mol. The summed E-state index contributed by atoms with van der Waals surface area (Å²) >= 11 is 0. The Morgan fingerprint density at radius 1 is 1.13 bits per heavy atom. The highest BCUT2D eigenvalue weighted by Gasteiger charge is 2.51. The summed E-state index contributed by atoms with van der Waals surface area (Å²) in [5.41, 5.74) is 0.0774. The van der Waals surface area contributed by atoms with Crippen LogP contribution in [0, 0.1) is 11.8 Å². The standard InChI is InChI=1S/C19H26N2O2/c22-18(19(23)9-5-2-6-10-19)21-13-15-11-20-12-16(15)17(21)14-7-3-1-4-8-14/h1,3-4,7-8,15-17,20,23H,2,5-6,9-13H2/t15-,16-,17+/m0/s1. The first-order valence-corrected chi connectivity index (χ1v) is 8.98. The number of likely N-dealkylation sites (tertiary alicyclic amines) is 1. The van der Waals surface area contributed by atoms with Crippen LogP contribution in [-0.4, -0.2) is 41.1 Å². The van der Waals surface area contributed by atoms with Crippen LogP contribution in [-0.2, 0) is 4.79 Å². The molecule has 0 bridgehead atoms. The van der Waals surface area contributed by atoms with Gasteiger partial charge in [0.05, 0.1) is 6.04 Å². The van der Waals surface area contributed by atoms with E-state index in [4.69, 9.17) is 0 Å². The van der Waals surface area contributed by atoms with Crippen molar-refractivity contribution in [2.45, 2.75) is 43.7 Å². The minimum absolute atomic E-state index is 0.0274. The maximum atomic E-state index is 13.2. The van der Waals surface area contributed by atoms with Crippen LogP contribution in [0.1, 0.15) is 43.7 Å². The zero-order valence-electron chi connectivity index (χ0n) is 13.6. The van der Waals surface area contributed by atoms with Gasteiger partial charge in [-0.3, -0.25) is 4.79 Å². The molecule has 1 aliphatic carbocycles. The third-order valence-corrected chi connectivity index (χ3v) is 6.05. The summed E-state index contributed by atoms with van der Waals surface area (Å²) in [4.78, 5) is 15.2. The molecule has 0 aromatic heterocycles. The van der Waals surface area contributed by atoms with Gasteiger partial charge in [-0.15, -0.1) is 0 Å². The average Bonchev–Trinajstić information content (AvgIpc) is 3.16. The summed E-state index contributed by atoms with van der Waals surface area (Å²) < 4.78 is 0. The van der Waals surface area contributed by atoms with Crippen molar-refractivity contribution in [1.82, 2.24) is 10.2 Å². The molecule has 4 nitrogen and oxygen atoms in total. The Balaban J connectivity index is 1.64. The van der Waals surface area contributed by atoms with Crippen molar-refractivity contribution in [2.24, 2.45) is 11.8 Å². The second-order valence-electron chi connectivity index (χ2n) is 7.49. The lowest BCUT2D eigenvalue weighted by atomic mass is 9.83. The fourth-order valence-corrected chi connectivity index (χ4v) is 4.82. The molecule has 1 aromatic carbocycles. The average molecular weight is 314 g/mol. The van der Waals surface area contributed by atoms with Gasteiger partial charge in [0.15, 0.2) is 0 Å². The van der Waals surface area contributed by atoms with Crippen LogP contribution >= 0.6 is 0 Å². The van der Waals surface area contributed by atoms with Crippen molar-refractivity contribution in [3.8, 4) is 0 Å². The molecule has 124 valence electrons. The Morgan fingerprint density at radius 2 is 1.87 bits per heavy atom. The van der Waals surface area contributed by atoms with Crippen LogP contribution < -0.4 is 5.32 Å². The predicted molar refractivity (Wildman–Crippen MR) is 88.8 cm³/mol. The topological polar surface area (TPSA) is 52.6 Å². The highest BCUT2D eigenvalue weighted by Crippen LogP contribution is 2.44. The summed E-state index contributed by atoms with van der Waals surface area (Å²) in [5.74, 6) is 0.949. The van der Waals surface area contributed by atoms with Gasteiger partial charge in [0.2, 0.25) is 0 Å². The maximum Gasteiger partial charge on any atom is 0.255 e. The lowest BCUT2D eigenvalue weighted by Crippen LogP contribution is -2.50. The number of amides is 1. The van der Waals surface area contributed by atoms with E-state index in [2.05, 4.69) is 17.4 Å². The minimum Gasteiger partial charge on any atom is -0.380 e. The smallest absolute Gasteiger partial charge is 0.255 e. The third-order valence-electron chi connectivity index (χ3n) is 6.05. The molecule has 2 saturated heterocycles. The summed E-state index contributed by atoms with van der Waals surface area (Å²) in [6.45, 7) is 2.72. The van der Waals surface area contributed by atoms with E-state index < -0.39 is 5.60 Å². The SMILES string of the molecule is O=C(N1C[C@@H]2CNC[C@@H]2[C@H]1c1ccccc1)C1(O)CCCCC1. The number of rotatable bonds is 2. The highest BCUT2D eigenvalue weighted by atomic mass is 16.3. The van der Waals surface area contributed by atoms with Crippen molar-refractivity contribution in [2.75, 3.05) is 19.6 Å². The van der Waals surface area contributed by atoms with Gasteiger partial charge >= 0.3 is 0 Å². The number of carbonyl (C=O) groups excluding carboxylic acids is 1. The molecule has 0 spiro atoms. The normalized spacial score (nSPS) is 32.7. The molecule has 4 heteroatoms. The van der Waals surface area contributed by atoms with Crippen LogP contribution in [0.15, 0.2) is 30.3 Å². The first-order chi connectivity index (χ1) is 11.2. The minimum atomic E-state index is -1.13. The number of benzene rings is 1. The zero-order valence-corrected chi connectivity index (χ0v) is 13.6. The molecule has 1 amide bonds. The largest absolute Gasteiger partial charge is 0.380 e. The number of fused-ring (bicyclic) bond motifs is 1. The van der Waals surface area contributed by atoms with Crippen LogP contribution in [0.3, 0.4) is 0 Å². The molecule has 2 heterocycles. The number of nitrogens with one attached hydrogen (secondary N) is 1. The van der Waals surface area contributed by atoms with Crippen LogP contribution in [0.25, 0.3) is 0 Å². The van der Waals surface area contributed by atoms with Gasteiger partial charge in [0.1, 0.15) is 5.60 Å². The Hall–Kier alpha value is -1.39. The van der Waals surface area contributed by atoms with Crippen molar-refractivity contribution >= 4 is 5.91 Å². The molecule has 2 N–H and O–H groups in total. The van der Waals surface area contributed by atoms with E-state index in [-0.39, 0.29) is 11.9 Å². The van der Waals surface area contributed by atoms with E-state index in [1.165, 1.54) is 5.56 Å². The molecule has 1 aromatic rings. The number of nitrogens with zero attached hydrogens (tertiary/aromatic N) is 1. The van der Waals surface area contributed by atoms with Gasteiger partial charge < -0.3 is 15.3 Å². The number of hydrogen-bond donors (Lipinski definition) is 2. The Morgan fingerprint density at radius 3 is 2.61 bits per heavy atom. The highest BCUT2D eigenvalue weighted by molar-refractivity contribution is 5.86. The van der Waals surface area contributed by atoms with Gasteiger partial charge in [-0.25, -0.2) is 0 Å². The lowest BCUT2D eigenvalue weighted by Gasteiger charge is -2.37. The first-order valence-electron chi connectivity index (χ1n) is 8.98. The third kappa shape index (κ3) is 2.58. The molecule has 3 aliphatic rings. The molecular formula is C19H26N2O2. The van der Waals surface area contributed by atoms with Gasteiger partial charge in [-0.1, -0.05) is 49.6 Å². The maximum absolute atomic E-state index is 13.2. The van der Waals surface area contributed by atoms with Crippen LogP contribution in [0.5, 0.6) is 0 Å². The van der Waals surface area contributed by atoms with Crippen LogP contribution in [0.4, 0.5) is 0 Å². The van der Waals surface area contributed by atoms with E-state index >= 15 is 0 Å². The van der Waals surface area contributed by atoms with Gasteiger partial charge in [-0.2, -0.15) is 0 Å². The van der Waals surface area contributed by atoms with Gasteiger partial charge in [0, 0.05) is 25.6 Å². The molecular weight excluding hydrogens is 288 g/mol. The second-order valence-corrected chi connectivity index (χ2v) is 7.49. The van der Waals surface area contributed by atoms with E-state index in [0.29, 0.717) is 24.7 Å². The summed E-state index contributed by atoms with van der Waals surface area (Å²) in [6, 6.07) is 10.5. The summed E-state index contributed by atoms with van der Waals surface area (Å²) in [5, 5.41) is 14.4. The number of aliphatic hydroxyl groups is 1. The second kappa shape index (κ2) is 5.91. The fourth-order valence-electron chi connectivity index (χ4n) is 4.82. The molecule has 4 rings (SSSR count). The molecule has 0 unspecified atom stereocenters. The summed E-state index contributed by atoms with van der Waals surface area (Å²) in [7, 11) is 0. The first kappa shape index (κ1) is 15.2. The van der Waals surface area contributed by atoms with E-state index in [1.54, 1.807) is 0 Å². The molecule has 0 radical (unpaired) electrons. The van der Waals surface area contributed by atoms with Gasteiger partial charge in [0.25, 0.3) is 5.91 Å². The van der Waals surface area contributed by atoms with E-state index in [9.17, 15) is 9.90 Å². The lowest BCUT2D eigenvalue weighted by molar-refractivity contribution is -0.156. The predicted octanol–water partition coefficient (Wildman–Crippen LogP) is 2.10. The van der Waals surface area contributed by atoms with E-state index in [0.717, 1.165) is 38.9 Å². The Labute approximate surface area is 137 Å².